The van der Waals surface area contributed by atoms with E-state index in [1.165, 1.54) is 33.4 Å². The van der Waals surface area contributed by atoms with Crippen molar-refractivity contribution in [1.82, 2.24) is 0 Å². The molecule has 2 aliphatic carbocycles. The molecule has 0 atom stereocenters. The van der Waals surface area contributed by atoms with Gasteiger partial charge in [0.2, 0.25) is 0 Å². The first kappa shape index (κ1) is 21.9. The fourth-order valence-corrected chi connectivity index (χ4v) is 3.29. The zero-order chi connectivity index (χ0) is 19.0. The summed E-state index contributed by atoms with van der Waals surface area (Å²) in [6.45, 7) is 0. The second-order valence-corrected chi connectivity index (χ2v) is 6.67. The summed E-state index contributed by atoms with van der Waals surface area (Å²) in [6, 6.07) is 25.7. The number of fused-ring (bicyclic) bond motifs is 1. The summed E-state index contributed by atoms with van der Waals surface area (Å²) in [7, 11) is 0. The molecule has 10 radical (unpaired) electrons. The first-order valence-corrected chi connectivity index (χ1v) is 9.55. The molecule has 0 aliphatic heterocycles. The molecule has 0 N–H and O–H groups in total. The van der Waals surface area contributed by atoms with Crippen molar-refractivity contribution in [3.63, 3.8) is 0 Å². The van der Waals surface area contributed by atoms with Crippen LogP contribution in [0.15, 0.2) is 72.8 Å². The van der Waals surface area contributed by atoms with Crippen LogP contribution in [0, 0.1) is 63.7 Å². The summed E-state index contributed by atoms with van der Waals surface area (Å²) in [4.78, 5) is 0. The van der Waals surface area contributed by atoms with Crippen LogP contribution in [0.4, 0.5) is 0 Å². The van der Waals surface area contributed by atoms with Gasteiger partial charge in [-0.1, -0.05) is 72.8 Å². The van der Waals surface area contributed by atoms with Gasteiger partial charge in [0, 0.05) is 5.92 Å². The van der Waals surface area contributed by atoms with E-state index in [9.17, 15) is 0 Å². The molecule has 5 rings (SSSR count). The zero-order valence-corrected chi connectivity index (χ0v) is 17.2. The van der Waals surface area contributed by atoms with Crippen molar-refractivity contribution in [1.29, 1.82) is 0 Å². The van der Waals surface area contributed by atoms with Crippen molar-refractivity contribution in [3.8, 4) is 0 Å². The summed E-state index contributed by atoms with van der Waals surface area (Å²) in [5.74, 6) is 1.25. The molecule has 0 bridgehead atoms. The summed E-state index contributed by atoms with van der Waals surface area (Å²) in [5, 5.41) is 2.55. The van der Waals surface area contributed by atoms with Crippen LogP contribution in [0.3, 0.4) is 0 Å². The molecule has 0 amide bonds. The molecule has 0 heterocycles. The third kappa shape index (κ3) is 6.08. The van der Waals surface area contributed by atoms with Crippen molar-refractivity contribution in [2.75, 3.05) is 0 Å². The Kier molecular flexibility index (Phi) is 8.59. The first-order valence-electron chi connectivity index (χ1n) is 9.55. The minimum atomic E-state index is 0. The Hall–Kier alpha value is -1.82. The van der Waals surface area contributed by atoms with Gasteiger partial charge >= 0.3 is 17.1 Å². The Morgan fingerprint density at radius 3 is 1.79 bits per heavy atom. The Bertz CT molecular complexity index is 892. The smallest absolute Gasteiger partial charge is 0.0622 e. The third-order valence-corrected chi connectivity index (χ3v) is 4.70. The van der Waals surface area contributed by atoms with Crippen LogP contribution in [0.1, 0.15) is 11.1 Å². The maximum Gasteiger partial charge on any atom is 2.00 e. The van der Waals surface area contributed by atoms with Gasteiger partial charge in [0.1, 0.15) is 0 Å². The average molecular weight is 414 g/mol. The Morgan fingerprint density at radius 2 is 1.14 bits per heavy atom. The molecule has 2 fully saturated rings. The number of rotatable bonds is 3. The number of allylic oxidation sites excluding steroid dienone is 1. The molecule has 1 heteroatoms. The molecule has 0 saturated heterocycles. The van der Waals surface area contributed by atoms with E-state index in [4.69, 9.17) is 0 Å². The second kappa shape index (κ2) is 11.4. The van der Waals surface area contributed by atoms with Gasteiger partial charge in [0.05, 0.1) is 0 Å². The fourth-order valence-electron chi connectivity index (χ4n) is 3.29. The predicted molar refractivity (Wildman–Crippen MR) is 120 cm³/mol. The van der Waals surface area contributed by atoms with Crippen molar-refractivity contribution in [3.05, 3.63) is 148 Å². The molecule has 0 unspecified atom stereocenters. The van der Waals surface area contributed by atoms with Crippen LogP contribution >= 0.6 is 0 Å². The number of benzene rings is 3. The van der Waals surface area contributed by atoms with Crippen LogP contribution in [-0.2, 0) is 17.1 Å². The Labute approximate surface area is 186 Å². The Balaban J connectivity index is 0.000000352. The maximum absolute atomic E-state index is 2.27. The standard InChI is InChI=1S/C23H17.C5H5.Fe/c1-2-9-20(10-3-1)23(21-11-5-6-12-21)17-18-14-15-19-8-4-7-13-22(19)16-18;1-2-4-5-3-1;/h1-17H;1-5H;/q;;+2/b23-17+;;. The average Bonchev–Trinajstić information content (AvgIpc) is 3.49. The van der Waals surface area contributed by atoms with Gasteiger partial charge in [-0.2, -0.15) is 0 Å². The molecule has 0 nitrogen and oxygen atoms in total. The molecule has 0 aromatic heterocycles. The van der Waals surface area contributed by atoms with Crippen LogP contribution in [0.2, 0.25) is 0 Å². The van der Waals surface area contributed by atoms with Crippen LogP contribution in [0.5, 0.6) is 0 Å². The molecule has 140 valence electrons. The molecule has 3 aromatic carbocycles. The van der Waals surface area contributed by atoms with E-state index in [1.54, 1.807) is 0 Å². The van der Waals surface area contributed by atoms with E-state index in [-0.39, 0.29) is 17.1 Å². The van der Waals surface area contributed by atoms with Crippen molar-refractivity contribution in [2.24, 2.45) is 0 Å². The van der Waals surface area contributed by atoms with Crippen LogP contribution < -0.4 is 0 Å². The van der Waals surface area contributed by atoms with Gasteiger partial charge in [-0.05, 0) is 91.3 Å². The van der Waals surface area contributed by atoms with Crippen LogP contribution in [-0.4, -0.2) is 0 Å². The van der Waals surface area contributed by atoms with Crippen molar-refractivity contribution in [2.45, 2.75) is 0 Å². The topological polar surface area (TPSA) is 0 Å². The normalized spacial score (nSPS) is 16.9. The predicted octanol–water partition coefficient (Wildman–Crippen LogP) is 6.80. The number of hydrogen-bond donors (Lipinski definition) is 0. The molecule has 2 aliphatic rings. The van der Waals surface area contributed by atoms with E-state index in [2.05, 4.69) is 105 Å². The first-order chi connectivity index (χ1) is 13.9. The van der Waals surface area contributed by atoms with Gasteiger partial charge in [-0.3, -0.25) is 0 Å². The van der Waals surface area contributed by atoms with Gasteiger partial charge in [-0.15, -0.1) is 0 Å². The molecule has 2 saturated carbocycles. The molecular weight excluding hydrogens is 392 g/mol. The number of hydrogen-bond acceptors (Lipinski definition) is 0. The quantitative estimate of drug-likeness (QED) is 0.326. The molecule has 3 aromatic rings. The molecule has 0 spiro atoms. The maximum atomic E-state index is 2.27. The van der Waals surface area contributed by atoms with Gasteiger partial charge < -0.3 is 0 Å². The van der Waals surface area contributed by atoms with E-state index < -0.39 is 0 Å². The van der Waals surface area contributed by atoms with E-state index in [0.29, 0.717) is 0 Å². The minimum absolute atomic E-state index is 0. The Morgan fingerprint density at radius 1 is 0.552 bits per heavy atom. The summed E-state index contributed by atoms with van der Waals surface area (Å²) in [5.41, 5.74) is 3.72. The molecular formula is C28H22Fe+2. The monoisotopic (exact) mass is 414 g/mol. The van der Waals surface area contributed by atoms with Gasteiger partial charge in [-0.25, -0.2) is 0 Å². The van der Waals surface area contributed by atoms with Gasteiger partial charge in [0.15, 0.2) is 0 Å². The summed E-state index contributed by atoms with van der Waals surface area (Å²) in [6.07, 6.45) is 20.8. The summed E-state index contributed by atoms with van der Waals surface area (Å²) >= 11 is 0. The van der Waals surface area contributed by atoms with Crippen molar-refractivity contribution >= 4 is 22.4 Å². The fraction of sp³-hybridized carbons (Fsp3) is 0. The summed E-state index contributed by atoms with van der Waals surface area (Å²) < 4.78 is 0. The zero-order valence-electron chi connectivity index (χ0n) is 16.1. The largest absolute Gasteiger partial charge is 2.00 e. The van der Waals surface area contributed by atoms with Gasteiger partial charge in [0.25, 0.3) is 0 Å². The van der Waals surface area contributed by atoms with E-state index >= 15 is 0 Å². The molecule has 29 heavy (non-hydrogen) atoms. The third-order valence-electron chi connectivity index (χ3n) is 4.70. The minimum Gasteiger partial charge on any atom is -0.0622 e. The van der Waals surface area contributed by atoms with Crippen molar-refractivity contribution < 1.29 is 17.1 Å². The van der Waals surface area contributed by atoms with E-state index in [0.717, 1.165) is 0 Å². The van der Waals surface area contributed by atoms with Crippen LogP contribution in [0.25, 0.3) is 22.4 Å². The second-order valence-electron chi connectivity index (χ2n) is 6.67. The van der Waals surface area contributed by atoms with E-state index in [1.807, 2.05) is 32.1 Å². The SMILES string of the molecule is [CH]1[CH][CH][CH][CH]1.[CH]1[CH][CH][C](/C(=C/c2ccc3ccccc3c2)c2ccccc2)[CH]1.[Fe+2].